The molecule has 0 atom stereocenters. The van der Waals surface area contributed by atoms with Gasteiger partial charge in [-0.05, 0) is 73.5 Å². The first-order valence-electron chi connectivity index (χ1n) is 12.0. The number of benzene rings is 3. The van der Waals surface area contributed by atoms with E-state index in [1.807, 2.05) is 36.6 Å². The molecule has 4 rings (SSSR count). The first-order valence-corrected chi connectivity index (χ1v) is 13.0. The molecule has 0 saturated carbocycles. The molecule has 0 radical (unpaired) electrons. The molecule has 2 N–H and O–H groups in total. The van der Waals surface area contributed by atoms with Crippen molar-refractivity contribution in [1.29, 1.82) is 0 Å². The van der Waals surface area contributed by atoms with Crippen molar-refractivity contribution in [3.8, 4) is 17.2 Å². The smallest absolute Gasteiger partial charge is 0.251 e. The van der Waals surface area contributed by atoms with Crippen molar-refractivity contribution in [3.05, 3.63) is 89.0 Å². The first-order chi connectivity index (χ1) is 18.8. The zero-order valence-electron chi connectivity index (χ0n) is 21.9. The highest BCUT2D eigenvalue weighted by atomic mass is 32.2. The Bertz CT molecular complexity index is 1490. The van der Waals surface area contributed by atoms with Crippen LogP contribution in [0.5, 0.6) is 11.5 Å². The summed E-state index contributed by atoms with van der Waals surface area (Å²) in [5.74, 6) is 0.548. The number of halogens is 1. The molecule has 39 heavy (non-hydrogen) atoms. The van der Waals surface area contributed by atoms with Gasteiger partial charge in [-0.25, -0.2) is 4.39 Å². The van der Waals surface area contributed by atoms with Gasteiger partial charge < -0.3 is 20.1 Å². The fourth-order valence-electron chi connectivity index (χ4n) is 3.81. The molecule has 0 aliphatic heterocycles. The number of nitrogens with zero attached hydrogens (tertiary/aromatic N) is 3. The molecule has 4 aromatic rings. The maximum absolute atomic E-state index is 13.2. The van der Waals surface area contributed by atoms with Crippen LogP contribution in [0.1, 0.15) is 27.3 Å². The van der Waals surface area contributed by atoms with E-state index in [1.54, 1.807) is 18.2 Å². The quantitative estimate of drug-likeness (QED) is 0.276. The van der Waals surface area contributed by atoms with Gasteiger partial charge in [0.25, 0.3) is 5.91 Å². The summed E-state index contributed by atoms with van der Waals surface area (Å²) >= 11 is 1.21. The number of hydrogen-bond donors (Lipinski definition) is 2. The SMILES string of the molecule is COc1ccc(C(=O)NCc2nnc(SCC(=O)Nc3ccc(F)cc3)n2-c2cc(C)ccc2C)cc1OC. The maximum atomic E-state index is 13.2. The normalized spacial score (nSPS) is 10.7. The van der Waals surface area contributed by atoms with Gasteiger partial charge >= 0.3 is 0 Å². The lowest BCUT2D eigenvalue weighted by atomic mass is 10.1. The molecule has 0 spiro atoms. The van der Waals surface area contributed by atoms with Crippen molar-refractivity contribution >= 4 is 29.3 Å². The number of methoxy groups -OCH3 is 2. The van der Waals surface area contributed by atoms with E-state index in [-0.39, 0.29) is 29.9 Å². The van der Waals surface area contributed by atoms with Crippen LogP contribution in [0.2, 0.25) is 0 Å². The van der Waals surface area contributed by atoms with E-state index < -0.39 is 0 Å². The number of hydrogen-bond acceptors (Lipinski definition) is 7. The van der Waals surface area contributed by atoms with Gasteiger partial charge in [0.15, 0.2) is 22.5 Å². The van der Waals surface area contributed by atoms with E-state index in [2.05, 4.69) is 20.8 Å². The highest BCUT2D eigenvalue weighted by Crippen LogP contribution is 2.28. The monoisotopic (exact) mass is 549 g/mol. The number of rotatable bonds is 10. The lowest BCUT2D eigenvalue weighted by molar-refractivity contribution is -0.113. The fourth-order valence-corrected chi connectivity index (χ4v) is 4.57. The highest BCUT2D eigenvalue weighted by Gasteiger charge is 2.19. The summed E-state index contributed by atoms with van der Waals surface area (Å²) in [6, 6.07) is 16.5. The van der Waals surface area contributed by atoms with Gasteiger partial charge in [0.05, 0.1) is 32.2 Å². The van der Waals surface area contributed by atoms with Crippen molar-refractivity contribution in [1.82, 2.24) is 20.1 Å². The van der Waals surface area contributed by atoms with E-state index in [0.717, 1.165) is 16.8 Å². The summed E-state index contributed by atoms with van der Waals surface area (Å²) in [5.41, 5.74) is 3.76. The van der Waals surface area contributed by atoms with Gasteiger partial charge in [-0.3, -0.25) is 14.2 Å². The molecular formula is C28H28FN5O4S. The predicted octanol–water partition coefficient (Wildman–Crippen LogP) is 4.70. The van der Waals surface area contributed by atoms with Crippen LogP contribution in [0.3, 0.4) is 0 Å². The Balaban J connectivity index is 1.54. The molecule has 0 saturated heterocycles. The Morgan fingerprint density at radius 3 is 2.41 bits per heavy atom. The van der Waals surface area contributed by atoms with Crippen molar-refractivity contribution < 1.29 is 23.5 Å². The Labute approximate surface area is 229 Å². The number of thioether (sulfide) groups is 1. The second kappa shape index (κ2) is 12.4. The largest absolute Gasteiger partial charge is 0.493 e. The number of carbonyl (C=O) groups is 2. The van der Waals surface area contributed by atoms with Crippen LogP contribution in [0.4, 0.5) is 10.1 Å². The van der Waals surface area contributed by atoms with Crippen LogP contribution >= 0.6 is 11.8 Å². The summed E-state index contributed by atoms with van der Waals surface area (Å²) in [5, 5.41) is 14.8. The standard InChI is InChI=1S/C28H28FN5O4S/c1-17-5-6-18(2)22(13-17)34-25(15-30-27(36)19-7-12-23(37-3)24(14-19)38-4)32-33-28(34)39-16-26(35)31-21-10-8-20(29)9-11-21/h5-14H,15-16H2,1-4H3,(H,30,36)(H,31,35). The van der Waals surface area contributed by atoms with Crippen LogP contribution in [-0.2, 0) is 11.3 Å². The first kappa shape index (κ1) is 27.6. The number of aromatic nitrogens is 3. The van der Waals surface area contributed by atoms with Crippen LogP contribution in [0, 0.1) is 19.7 Å². The number of aryl methyl sites for hydroxylation is 2. The third kappa shape index (κ3) is 6.74. The van der Waals surface area contributed by atoms with E-state index in [4.69, 9.17) is 9.47 Å². The zero-order valence-corrected chi connectivity index (χ0v) is 22.8. The van der Waals surface area contributed by atoms with Gasteiger partial charge in [0.1, 0.15) is 5.82 Å². The van der Waals surface area contributed by atoms with Crippen molar-refractivity contribution in [2.24, 2.45) is 0 Å². The minimum atomic E-state index is -0.380. The zero-order chi connectivity index (χ0) is 27.9. The number of nitrogens with one attached hydrogen (secondary N) is 2. The predicted molar refractivity (Wildman–Crippen MR) is 147 cm³/mol. The van der Waals surface area contributed by atoms with Crippen molar-refractivity contribution in [2.45, 2.75) is 25.5 Å². The Hall–Kier alpha value is -4.38. The van der Waals surface area contributed by atoms with Crippen LogP contribution < -0.4 is 20.1 Å². The second-order valence-electron chi connectivity index (χ2n) is 8.62. The molecule has 0 fully saturated rings. The van der Waals surface area contributed by atoms with Crippen LogP contribution in [0.25, 0.3) is 5.69 Å². The summed E-state index contributed by atoms with van der Waals surface area (Å²) in [6.07, 6.45) is 0. The summed E-state index contributed by atoms with van der Waals surface area (Å²) in [6.45, 7) is 4.04. The summed E-state index contributed by atoms with van der Waals surface area (Å²) < 4.78 is 25.5. The number of amides is 2. The molecule has 0 aliphatic carbocycles. The summed E-state index contributed by atoms with van der Waals surface area (Å²) in [4.78, 5) is 25.5. The minimum Gasteiger partial charge on any atom is -0.493 e. The molecule has 2 amide bonds. The summed E-state index contributed by atoms with van der Waals surface area (Å²) in [7, 11) is 3.03. The molecule has 11 heteroatoms. The van der Waals surface area contributed by atoms with Gasteiger partial charge in [0.2, 0.25) is 5.91 Å². The number of carbonyl (C=O) groups excluding carboxylic acids is 2. The van der Waals surface area contributed by atoms with Crippen molar-refractivity contribution in [3.63, 3.8) is 0 Å². The molecule has 1 heterocycles. The van der Waals surface area contributed by atoms with Gasteiger partial charge in [-0.2, -0.15) is 0 Å². The molecule has 3 aromatic carbocycles. The van der Waals surface area contributed by atoms with Crippen LogP contribution in [-0.4, -0.2) is 46.6 Å². The average Bonchev–Trinajstić information content (AvgIpc) is 3.35. The highest BCUT2D eigenvalue weighted by molar-refractivity contribution is 7.99. The topological polar surface area (TPSA) is 107 Å². The third-order valence-electron chi connectivity index (χ3n) is 5.82. The Kier molecular flexibility index (Phi) is 8.82. The molecule has 9 nitrogen and oxygen atoms in total. The second-order valence-corrected chi connectivity index (χ2v) is 9.56. The number of ether oxygens (including phenoxy) is 2. The van der Waals surface area contributed by atoms with Gasteiger partial charge in [-0.1, -0.05) is 23.9 Å². The molecule has 0 unspecified atom stereocenters. The van der Waals surface area contributed by atoms with E-state index in [9.17, 15) is 14.0 Å². The molecule has 202 valence electrons. The minimum absolute atomic E-state index is 0.0539. The van der Waals surface area contributed by atoms with Crippen LogP contribution in [0.15, 0.2) is 65.8 Å². The lowest BCUT2D eigenvalue weighted by Crippen LogP contribution is -2.25. The van der Waals surface area contributed by atoms with Gasteiger partial charge in [-0.15, -0.1) is 10.2 Å². The van der Waals surface area contributed by atoms with E-state index in [1.165, 1.54) is 50.2 Å². The fraction of sp³-hybridized carbons (Fsp3) is 0.214. The molecular weight excluding hydrogens is 521 g/mol. The van der Waals surface area contributed by atoms with E-state index >= 15 is 0 Å². The van der Waals surface area contributed by atoms with Crippen molar-refractivity contribution in [2.75, 3.05) is 25.3 Å². The lowest BCUT2D eigenvalue weighted by Gasteiger charge is -2.14. The average molecular weight is 550 g/mol. The van der Waals surface area contributed by atoms with Gasteiger partial charge in [0, 0.05) is 11.3 Å². The van der Waals surface area contributed by atoms with E-state index in [0.29, 0.717) is 33.7 Å². The maximum Gasteiger partial charge on any atom is 0.251 e. The third-order valence-corrected chi connectivity index (χ3v) is 6.75. The molecule has 0 aliphatic rings. The Morgan fingerprint density at radius 2 is 1.69 bits per heavy atom. The Morgan fingerprint density at radius 1 is 0.949 bits per heavy atom. The molecule has 1 aromatic heterocycles. The number of anilines is 1. The molecule has 0 bridgehead atoms.